The SMILES string of the molecule is CN1C[C@@H](N)[C@@H](c2ccc(Cl)cc2Cl)C1. The normalized spacial score (nSPS) is 27.2. The minimum atomic E-state index is 0.161. The van der Waals surface area contributed by atoms with E-state index in [2.05, 4.69) is 11.9 Å². The highest BCUT2D eigenvalue weighted by Gasteiger charge is 2.30. The monoisotopic (exact) mass is 244 g/mol. The Labute approximate surface area is 100.0 Å². The molecule has 15 heavy (non-hydrogen) atoms. The molecule has 0 aromatic heterocycles. The molecular weight excluding hydrogens is 231 g/mol. The van der Waals surface area contributed by atoms with Crippen LogP contribution in [-0.2, 0) is 0 Å². The van der Waals surface area contributed by atoms with Gasteiger partial charge in [-0.2, -0.15) is 0 Å². The molecule has 1 aromatic carbocycles. The Bertz CT molecular complexity index is 368. The van der Waals surface area contributed by atoms with Crippen LogP contribution in [0.2, 0.25) is 10.0 Å². The molecule has 1 aliphatic heterocycles. The van der Waals surface area contributed by atoms with Crippen molar-refractivity contribution in [1.29, 1.82) is 0 Å². The van der Waals surface area contributed by atoms with Gasteiger partial charge in [0.2, 0.25) is 0 Å². The molecule has 1 aliphatic rings. The van der Waals surface area contributed by atoms with Gasteiger partial charge in [-0.05, 0) is 24.7 Å². The molecule has 1 fully saturated rings. The molecule has 0 bridgehead atoms. The van der Waals surface area contributed by atoms with E-state index >= 15 is 0 Å². The fraction of sp³-hybridized carbons (Fsp3) is 0.455. The second-order valence-electron chi connectivity index (χ2n) is 4.16. The van der Waals surface area contributed by atoms with Crippen LogP contribution in [0, 0.1) is 0 Å². The lowest BCUT2D eigenvalue weighted by atomic mass is 9.95. The minimum Gasteiger partial charge on any atom is -0.326 e. The van der Waals surface area contributed by atoms with Crippen LogP contribution in [0.25, 0.3) is 0 Å². The van der Waals surface area contributed by atoms with Crippen LogP contribution in [-0.4, -0.2) is 31.1 Å². The van der Waals surface area contributed by atoms with Crippen LogP contribution in [0.15, 0.2) is 18.2 Å². The van der Waals surface area contributed by atoms with Gasteiger partial charge in [-0.15, -0.1) is 0 Å². The lowest BCUT2D eigenvalue weighted by Gasteiger charge is -2.16. The molecule has 2 atom stereocenters. The number of hydrogen-bond acceptors (Lipinski definition) is 2. The summed E-state index contributed by atoms with van der Waals surface area (Å²) in [6, 6.07) is 5.79. The molecule has 0 radical (unpaired) electrons. The van der Waals surface area contributed by atoms with E-state index in [0.717, 1.165) is 23.7 Å². The lowest BCUT2D eigenvalue weighted by molar-refractivity contribution is 0.407. The van der Waals surface area contributed by atoms with E-state index in [-0.39, 0.29) is 6.04 Å². The summed E-state index contributed by atoms with van der Waals surface area (Å²) >= 11 is 12.0. The fourth-order valence-electron chi connectivity index (χ4n) is 2.16. The smallest absolute Gasteiger partial charge is 0.0456 e. The van der Waals surface area contributed by atoms with Crippen LogP contribution in [0.1, 0.15) is 11.5 Å². The van der Waals surface area contributed by atoms with Gasteiger partial charge in [0.15, 0.2) is 0 Å². The average molecular weight is 245 g/mol. The zero-order valence-electron chi connectivity index (χ0n) is 8.58. The number of halogens is 2. The van der Waals surface area contributed by atoms with Crippen molar-refractivity contribution >= 4 is 23.2 Å². The Hall–Kier alpha value is -0.280. The van der Waals surface area contributed by atoms with E-state index in [1.54, 1.807) is 6.07 Å². The third-order valence-electron chi connectivity index (χ3n) is 2.91. The minimum absolute atomic E-state index is 0.161. The predicted octanol–water partition coefficient (Wildman–Crippen LogP) is 2.35. The molecule has 0 amide bonds. The standard InChI is InChI=1S/C11H14Cl2N2/c1-15-5-9(11(14)6-15)8-3-2-7(12)4-10(8)13/h2-4,9,11H,5-6,14H2,1H3/t9-,11-/m1/s1. The zero-order valence-corrected chi connectivity index (χ0v) is 10.1. The first-order chi connectivity index (χ1) is 7.08. The molecule has 2 rings (SSSR count). The summed E-state index contributed by atoms with van der Waals surface area (Å²) in [6.07, 6.45) is 0. The quantitative estimate of drug-likeness (QED) is 0.822. The first-order valence-electron chi connectivity index (χ1n) is 4.97. The first-order valence-corrected chi connectivity index (χ1v) is 5.72. The van der Waals surface area contributed by atoms with Crippen molar-refractivity contribution in [3.8, 4) is 0 Å². The summed E-state index contributed by atoms with van der Waals surface area (Å²) in [5.41, 5.74) is 7.18. The van der Waals surface area contributed by atoms with Gasteiger partial charge in [-0.1, -0.05) is 29.3 Å². The summed E-state index contributed by atoms with van der Waals surface area (Å²) in [6.45, 7) is 1.88. The second-order valence-corrected chi connectivity index (χ2v) is 5.00. The van der Waals surface area contributed by atoms with Crippen LogP contribution in [0.4, 0.5) is 0 Å². The molecule has 1 heterocycles. The number of rotatable bonds is 1. The topological polar surface area (TPSA) is 29.3 Å². The summed E-state index contributed by atoms with van der Waals surface area (Å²) in [7, 11) is 2.07. The van der Waals surface area contributed by atoms with Gasteiger partial charge in [0.25, 0.3) is 0 Å². The van der Waals surface area contributed by atoms with Crippen molar-refractivity contribution in [1.82, 2.24) is 4.90 Å². The number of likely N-dealkylation sites (tertiary alicyclic amines) is 1. The number of benzene rings is 1. The zero-order chi connectivity index (χ0) is 11.0. The Balaban J connectivity index is 2.29. The molecule has 1 aromatic rings. The van der Waals surface area contributed by atoms with E-state index in [4.69, 9.17) is 28.9 Å². The third-order valence-corrected chi connectivity index (χ3v) is 3.47. The van der Waals surface area contributed by atoms with Crippen molar-refractivity contribution in [3.63, 3.8) is 0 Å². The number of nitrogens with two attached hydrogens (primary N) is 1. The van der Waals surface area contributed by atoms with Gasteiger partial charge in [0, 0.05) is 35.1 Å². The molecule has 0 aliphatic carbocycles. The maximum Gasteiger partial charge on any atom is 0.0456 e. The van der Waals surface area contributed by atoms with E-state index in [9.17, 15) is 0 Å². The van der Waals surface area contributed by atoms with Gasteiger partial charge in [0.1, 0.15) is 0 Å². The maximum atomic E-state index is 6.16. The Morgan fingerprint density at radius 1 is 1.33 bits per heavy atom. The van der Waals surface area contributed by atoms with E-state index in [1.807, 2.05) is 12.1 Å². The largest absolute Gasteiger partial charge is 0.326 e. The lowest BCUT2D eigenvalue weighted by Crippen LogP contribution is -2.28. The first kappa shape index (κ1) is 11.2. The molecule has 0 spiro atoms. The Morgan fingerprint density at radius 2 is 2.07 bits per heavy atom. The van der Waals surface area contributed by atoms with Gasteiger partial charge >= 0.3 is 0 Å². The molecule has 0 saturated carbocycles. The van der Waals surface area contributed by atoms with Crippen molar-refractivity contribution in [2.45, 2.75) is 12.0 Å². The Morgan fingerprint density at radius 3 is 2.60 bits per heavy atom. The fourth-order valence-corrected chi connectivity index (χ4v) is 2.71. The number of likely N-dealkylation sites (N-methyl/N-ethyl adjacent to an activating group) is 1. The summed E-state index contributed by atoms with van der Waals surface area (Å²) in [4.78, 5) is 2.22. The molecule has 2 nitrogen and oxygen atoms in total. The van der Waals surface area contributed by atoms with E-state index in [1.165, 1.54) is 0 Å². The van der Waals surface area contributed by atoms with Gasteiger partial charge in [-0.25, -0.2) is 0 Å². The van der Waals surface area contributed by atoms with Gasteiger partial charge in [-0.3, -0.25) is 0 Å². The number of nitrogens with zero attached hydrogens (tertiary/aromatic N) is 1. The van der Waals surface area contributed by atoms with Gasteiger partial charge in [0.05, 0.1) is 0 Å². The van der Waals surface area contributed by atoms with Crippen molar-refractivity contribution in [2.24, 2.45) is 5.73 Å². The summed E-state index contributed by atoms with van der Waals surface area (Å²) in [5, 5.41) is 1.39. The summed E-state index contributed by atoms with van der Waals surface area (Å²) in [5.74, 6) is 0.319. The molecule has 0 unspecified atom stereocenters. The molecule has 2 N–H and O–H groups in total. The van der Waals surface area contributed by atoms with E-state index < -0.39 is 0 Å². The molecule has 4 heteroatoms. The van der Waals surface area contributed by atoms with Crippen LogP contribution in [0.5, 0.6) is 0 Å². The van der Waals surface area contributed by atoms with E-state index in [0.29, 0.717) is 10.9 Å². The van der Waals surface area contributed by atoms with Crippen LogP contribution >= 0.6 is 23.2 Å². The molecule has 82 valence electrons. The second kappa shape index (κ2) is 4.30. The molecule has 1 saturated heterocycles. The highest BCUT2D eigenvalue weighted by atomic mass is 35.5. The van der Waals surface area contributed by atoms with Crippen molar-refractivity contribution < 1.29 is 0 Å². The van der Waals surface area contributed by atoms with Crippen molar-refractivity contribution in [2.75, 3.05) is 20.1 Å². The Kier molecular flexibility index (Phi) is 3.21. The van der Waals surface area contributed by atoms with Crippen molar-refractivity contribution in [3.05, 3.63) is 33.8 Å². The predicted molar refractivity (Wildman–Crippen MR) is 64.7 cm³/mol. The highest BCUT2D eigenvalue weighted by molar-refractivity contribution is 6.35. The van der Waals surface area contributed by atoms with Gasteiger partial charge < -0.3 is 10.6 Å². The van der Waals surface area contributed by atoms with Crippen LogP contribution < -0.4 is 5.73 Å². The molecular formula is C11H14Cl2N2. The van der Waals surface area contributed by atoms with Crippen LogP contribution in [0.3, 0.4) is 0 Å². The summed E-state index contributed by atoms with van der Waals surface area (Å²) < 4.78 is 0. The highest BCUT2D eigenvalue weighted by Crippen LogP contribution is 2.32. The average Bonchev–Trinajstić information content (AvgIpc) is 2.45. The maximum absolute atomic E-state index is 6.16. The third kappa shape index (κ3) is 2.28. The number of hydrogen-bond donors (Lipinski definition) is 1.